The van der Waals surface area contributed by atoms with E-state index in [4.69, 9.17) is 16.6 Å². The zero-order chi connectivity index (χ0) is 22.0. The first-order valence-electron chi connectivity index (χ1n) is 10.4. The van der Waals surface area contributed by atoms with E-state index in [-0.39, 0.29) is 9.73 Å². The van der Waals surface area contributed by atoms with E-state index in [1.54, 1.807) is 28.9 Å². The molecule has 4 rings (SSSR count). The smallest absolute Gasteiger partial charge is 0.288 e. The average molecular weight is 459 g/mol. The van der Waals surface area contributed by atoms with Gasteiger partial charge in [-0.15, -0.1) is 5.10 Å². The minimum Gasteiger partial charge on any atom is -0.409 e. The number of hydrogen-bond donors (Lipinski definition) is 0. The van der Waals surface area contributed by atoms with Gasteiger partial charge in [0.1, 0.15) is 0 Å². The summed E-state index contributed by atoms with van der Waals surface area (Å²) in [6.07, 6.45) is 0.986. The summed E-state index contributed by atoms with van der Waals surface area (Å²) in [7, 11) is -3.56. The molecule has 0 atom stereocenters. The van der Waals surface area contributed by atoms with Crippen LogP contribution < -0.4 is 0 Å². The molecule has 0 bridgehead atoms. The molecule has 0 saturated heterocycles. The number of fused-ring (bicyclic) bond motifs is 1. The van der Waals surface area contributed by atoms with Crippen molar-refractivity contribution in [3.8, 4) is 11.5 Å². The maximum Gasteiger partial charge on any atom is 0.288 e. The maximum atomic E-state index is 12.9. The topological polar surface area (TPSA) is 71.6 Å². The summed E-state index contributed by atoms with van der Waals surface area (Å²) >= 11 is 5.39. The lowest BCUT2D eigenvalue weighted by molar-refractivity contribution is 0.186. The van der Waals surface area contributed by atoms with Gasteiger partial charge in [0, 0.05) is 31.7 Å². The minimum atomic E-state index is -3.56. The fourth-order valence-corrected chi connectivity index (χ4v) is 5.56. The van der Waals surface area contributed by atoms with E-state index in [1.807, 2.05) is 13.8 Å². The van der Waals surface area contributed by atoms with Gasteiger partial charge in [-0.25, -0.2) is 13.1 Å². The molecule has 0 spiro atoms. The molecular weight excluding hydrogens is 432 g/mol. The van der Waals surface area contributed by atoms with Crippen molar-refractivity contribution in [1.82, 2.24) is 19.0 Å². The molecule has 0 amide bonds. The summed E-state index contributed by atoms with van der Waals surface area (Å²) in [4.78, 5) is 2.76. The molecule has 9 heteroatoms. The first kappa shape index (κ1) is 21.9. The van der Waals surface area contributed by atoms with Crippen molar-refractivity contribution in [2.75, 3.05) is 19.6 Å². The fraction of sp³-hybridized carbons (Fsp3) is 0.364. The maximum absolute atomic E-state index is 12.9. The second kappa shape index (κ2) is 9.04. The second-order valence-corrected chi connectivity index (χ2v) is 9.79. The molecule has 0 N–H and O–H groups in total. The van der Waals surface area contributed by atoms with Crippen molar-refractivity contribution in [3.05, 3.63) is 64.5 Å². The molecule has 0 radical (unpaired) electrons. The van der Waals surface area contributed by atoms with Crippen molar-refractivity contribution >= 4 is 22.2 Å². The van der Waals surface area contributed by atoms with Gasteiger partial charge in [-0.3, -0.25) is 4.90 Å². The molecule has 0 fully saturated rings. The first-order valence-corrected chi connectivity index (χ1v) is 12.2. The molecule has 2 aromatic carbocycles. The number of benzene rings is 2. The van der Waals surface area contributed by atoms with Gasteiger partial charge < -0.3 is 4.42 Å². The molecule has 1 aliphatic rings. The lowest BCUT2D eigenvalue weighted by Crippen LogP contribution is -2.32. The standard InChI is InChI=1S/C22H26N4O3S2/c1-3-25(4-2)31(27,28)20-11-7-10-18(14-20)21-23-26(22(30)29-21)16-24-13-12-17-8-5-6-9-19(17)15-24/h5-11,14H,3-4,12-13,15-16H2,1-2H3. The van der Waals surface area contributed by atoms with Gasteiger partial charge in [-0.2, -0.15) is 4.31 Å². The third-order valence-electron chi connectivity index (χ3n) is 5.57. The Balaban J connectivity index is 1.57. The Bertz CT molecular complexity index is 1230. The minimum absolute atomic E-state index is 0.219. The van der Waals surface area contributed by atoms with E-state index < -0.39 is 10.0 Å². The highest BCUT2D eigenvalue weighted by atomic mass is 32.2. The van der Waals surface area contributed by atoms with Crippen LogP contribution >= 0.6 is 12.2 Å². The van der Waals surface area contributed by atoms with Crippen LogP contribution in [-0.4, -0.2) is 47.0 Å². The summed E-state index contributed by atoms with van der Waals surface area (Å²) < 4.78 is 34.5. The Morgan fingerprint density at radius 1 is 1.10 bits per heavy atom. The van der Waals surface area contributed by atoms with Gasteiger partial charge in [0.05, 0.1) is 11.6 Å². The van der Waals surface area contributed by atoms with Crippen LogP contribution in [0.4, 0.5) is 0 Å². The van der Waals surface area contributed by atoms with Gasteiger partial charge >= 0.3 is 0 Å². The van der Waals surface area contributed by atoms with Crippen molar-refractivity contribution in [3.63, 3.8) is 0 Å². The molecule has 3 aromatic rings. The van der Waals surface area contributed by atoms with Crippen LogP contribution in [0.15, 0.2) is 57.8 Å². The molecule has 2 heterocycles. The van der Waals surface area contributed by atoms with Gasteiger partial charge in [0.15, 0.2) is 0 Å². The van der Waals surface area contributed by atoms with E-state index in [9.17, 15) is 8.42 Å². The predicted octanol–water partition coefficient (Wildman–Crippen LogP) is 3.92. The van der Waals surface area contributed by atoms with Gasteiger partial charge in [0.2, 0.25) is 15.9 Å². The molecule has 0 unspecified atom stereocenters. The fourth-order valence-electron chi connectivity index (χ4n) is 3.88. The summed E-state index contributed by atoms with van der Waals surface area (Å²) in [5, 5.41) is 4.53. The molecule has 31 heavy (non-hydrogen) atoms. The number of sulfonamides is 1. The molecule has 0 saturated carbocycles. The molecule has 1 aromatic heterocycles. The number of rotatable bonds is 7. The summed E-state index contributed by atoms with van der Waals surface area (Å²) in [5.74, 6) is 0.319. The van der Waals surface area contributed by atoms with Crippen LogP contribution in [0.5, 0.6) is 0 Å². The molecule has 164 valence electrons. The number of hydrogen-bond acceptors (Lipinski definition) is 6. The molecule has 7 nitrogen and oxygen atoms in total. The van der Waals surface area contributed by atoms with Crippen molar-refractivity contribution in [2.24, 2.45) is 0 Å². The summed E-state index contributed by atoms with van der Waals surface area (Å²) in [6, 6.07) is 15.1. The average Bonchev–Trinajstić information content (AvgIpc) is 3.14. The third-order valence-corrected chi connectivity index (χ3v) is 7.91. The van der Waals surface area contributed by atoms with E-state index in [2.05, 4.69) is 34.3 Å². The zero-order valence-electron chi connectivity index (χ0n) is 17.7. The number of nitrogens with zero attached hydrogens (tertiary/aromatic N) is 4. The van der Waals surface area contributed by atoms with Gasteiger partial charge in [-0.05, 0) is 48.0 Å². The summed E-state index contributed by atoms with van der Waals surface area (Å²) in [6.45, 7) is 6.74. The van der Waals surface area contributed by atoms with E-state index in [0.717, 1.165) is 19.5 Å². The lowest BCUT2D eigenvalue weighted by Gasteiger charge is -2.28. The summed E-state index contributed by atoms with van der Waals surface area (Å²) in [5.41, 5.74) is 3.29. The van der Waals surface area contributed by atoms with Crippen LogP contribution in [0.3, 0.4) is 0 Å². The second-order valence-electron chi connectivity index (χ2n) is 7.50. The Hall–Kier alpha value is -2.33. The van der Waals surface area contributed by atoms with E-state index >= 15 is 0 Å². The van der Waals surface area contributed by atoms with Gasteiger partial charge in [0.25, 0.3) is 4.84 Å². The highest BCUT2D eigenvalue weighted by molar-refractivity contribution is 7.89. The van der Waals surface area contributed by atoms with E-state index in [0.29, 0.717) is 31.2 Å². The predicted molar refractivity (Wildman–Crippen MR) is 121 cm³/mol. The zero-order valence-corrected chi connectivity index (χ0v) is 19.3. The molecular formula is C22H26N4O3S2. The Morgan fingerprint density at radius 2 is 1.84 bits per heavy atom. The lowest BCUT2D eigenvalue weighted by atomic mass is 10.0. The number of aromatic nitrogens is 2. The Morgan fingerprint density at radius 3 is 2.58 bits per heavy atom. The monoisotopic (exact) mass is 458 g/mol. The van der Waals surface area contributed by atoms with Crippen LogP contribution in [0.1, 0.15) is 25.0 Å². The Kier molecular flexibility index (Phi) is 6.38. The highest BCUT2D eigenvalue weighted by Crippen LogP contribution is 2.24. The van der Waals surface area contributed by atoms with Gasteiger partial charge in [-0.1, -0.05) is 44.2 Å². The van der Waals surface area contributed by atoms with Crippen LogP contribution in [0.2, 0.25) is 0 Å². The van der Waals surface area contributed by atoms with Crippen molar-refractivity contribution in [2.45, 2.75) is 38.4 Å². The van der Waals surface area contributed by atoms with Crippen LogP contribution in [-0.2, 0) is 29.7 Å². The Labute approximate surface area is 188 Å². The quantitative estimate of drug-likeness (QED) is 0.500. The SMILES string of the molecule is CCN(CC)S(=O)(=O)c1cccc(-c2nn(CN3CCc4ccccc4C3)c(=S)o2)c1. The normalized spacial score (nSPS) is 14.7. The first-order chi connectivity index (χ1) is 14.9. The largest absolute Gasteiger partial charge is 0.409 e. The highest BCUT2D eigenvalue weighted by Gasteiger charge is 2.23. The third kappa shape index (κ3) is 4.50. The van der Waals surface area contributed by atoms with Crippen molar-refractivity contribution < 1.29 is 12.8 Å². The van der Waals surface area contributed by atoms with E-state index in [1.165, 1.54) is 15.4 Å². The van der Waals surface area contributed by atoms with Crippen molar-refractivity contribution in [1.29, 1.82) is 0 Å². The van der Waals surface area contributed by atoms with Crippen LogP contribution in [0, 0.1) is 4.84 Å². The molecule has 1 aliphatic heterocycles. The van der Waals surface area contributed by atoms with Crippen LogP contribution in [0.25, 0.3) is 11.5 Å². The molecule has 0 aliphatic carbocycles.